The fourth-order valence-electron chi connectivity index (χ4n) is 2.94. The second kappa shape index (κ2) is 6.96. The van der Waals surface area contributed by atoms with Crippen LogP contribution in [-0.2, 0) is 0 Å². The summed E-state index contributed by atoms with van der Waals surface area (Å²) in [5.74, 6) is 0.908. The number of hydrogen-bond donors (Lipinski definition) is 0. The number of oxazole rings is 2. The second-order valence-corrected chi connectivity index (χ2v) is 6.22. The molecule has 0 N–H and O–H groups in total. The molecule has 5 nitrogen and oxygen atoms in total. The summed E-state index contributed by atoms with van der Waals surface area (Å²) in [6.07, 6.45) is 3.27. The first-order valence-corrected chi connectivity index (χ1v) is 8.86. The van der Waals surface area contributed by atoms with Gasteiger partial charge in [0.25, 0.3) is 0 Å². The summed E-state index contributed by atoms with van der Waals surface area (Å²) < 4.78 is 11.3. The zero-order valence-electron chi connectivity index (χ0n) is 14.8. The minimum Gasteiger partial charge on any atom is -0.443 e. The van der Waals surface area contributed by atoms with Crippen LogP contribution in [0.1, 0.15) is 0 Å². The molecule has 134 valence electrons. The third kappa shape index (κ3) is 3.10. The minimum atomic E-state index is 0.454. The summed E-state index contributed by atoms with van der Waals surface area (Å²) in [5, 5.41) is 0. The van der Waals surface area contributed by atoms with E-state index in [-0.39, 0.29) is 0 Å². The van der Waals surface area contributed by atoms with Crippen molar-refractivity contribution in [3.63, 3.8) is 0 Å². The lowest BCUT2D eigenvalue weighted by atomic mass is 10.2. The van der Waals surface area contributed by atoms with E-state index in [2.05, 4.69) is 15.0 Å². The van der Waals surface area contributed by atoms with Crippen LogP contribution in [0.15, 0.2) is 100 Å². The number of benzene rings is 2. The highest BCUT2D eigenvalue weighted by Gasteiger charge is 2.14. The Morgan fingerprint density at radius 1 is 0.429 bits per heavy atom. The normalized spacial score (nSPS) is 10.9. The summed E-state index contributed by atoms with van der Waals surface area (Å²) in [6, 6.07) is 25.4. The first-order valence-electron chi connectivity index (χ1n) is 8.86. The molecule has 0 amide bonds. The molecule has 0 saturated heterocycles. The molecular formula is C23H15N3O2. The molecule has 3 aromatic heterocycles. The van der Waals surface area contributed by atoms with Gasteiger partial charge in [0.2, 0.25) is 11.8 Å². The maximum Gasteiger partial charge on any atom is 0.245 e. The summed E-state index contributed by atoms with van der Waals surface area (Å²) >= 11 is 0. The summed E-state index contributed by atoms with van der Waals surface area (Å²) in [5.41, 5.74) is 4.77. The van der Waals surface area contributed by atoms with Gasteiger partial charge in [-0.2, -0.15) is 0 Å². The van der Waals surface area contributed by atoms with Gasteiger partial charge in [0.1, 0.15) is 35.3 Å². The SMILES string of the molecule is c1ccc(-c2coc(-c3cccc(-c4nc(-c5ccccc5)co4)n3)n2)cc1. The Morgan fingerprint density at radius 2 is 0.893 bits per heavy atom. The number of pyridine rings is 1. The molecule has 5 rings (SSSR count). The Balaban J connectivity index is 1.46. The lowest BCUT2D eigenvalue weighted by Crippen LogP contribution is -1.88. The molecule has 0 spiro atoms. The number of rotatable bonds is 4. The van der Waals surface area contributed by atoms with E-state index >= 15 is 0 Å². The first-order chi connectivity index (χ1) is 13.9. The molecule has 5 heteroatoms. The third-order valence-electron chi connectivity index (χ3n) is 4.33. The minimum absolute atomic E-state index is 0.454. The van der Waals surface area contributed by atoms with Crippen molar-refractivity contribution < 1.29 is 8.83 Å². The first kappa shape index (κ1) is 16.2. The predicted molar refractivity (Wildman–Crippen MR) is 106 cm³/mol. The van der Waals surface area contributed by atoms with Crippen LogP contribution < -0.4 is 0 Å². The van der Waals surface area contributed by atoms with Crippen LogP contribution in [0.2, 0.25) is 0 Å². The molecule has 0 aliphatic carbocycles. The second-order valence-electron chi connectivity index (χ2n) is 6.22. The van der Waals surface area contributed by atoms with Gasteiger partial charge in [-0.1, -0.05) is 66.7 Å². The molecule has 0 fully saturated rings. The standard InChI is InChI=1S/C23H15N3O2/c1-3-8-16(9-4-1)20-14-27-22(25-20)18-12-7-13-19(24-18)23-26-21(15-28-23)17-10-5-2-6-11-17/h1-15H. The molecule has 28 heavy (non-hydrogen) atoms. The zero-order valence-corrected chi connectivity index (χ0v) is 14.8. The molecule has 3 heterocycles. The van der Waals surface area contributed by atoms with E-state index in [1.54, 1.807) is 12.5 Å². The summed E-state index contributed by atoms with van der Waals surface area (Å²) in [4.78, 5) is 13.7. The van der Waals surface area contributed by atoms with Crippen LogP contribution in [0.4, 0.5) is 0 Å². The molecule has 2 aromatic carbocycles. The molecule has 0 aliphatic heterocycles. The van der Waals surface area contributed by atoms with Crippen LogP contribution in [0.3, 0.4) is 0 Å². The fraction of sp³-hybridized carbons (Fsp3) is 0. The number of aromatic nitrogens is 3. The molecule has 0 radical (unpaired) electrons. The van der Waals surface area contributed by atoms with Crippen molar-refractivity contribution in [1.82, 2.24) is 15.0 Å². The molecule has 0 bridgehead atoms. The van der Waals surface area contributed by atoms with Gasteiger partial charge in [-0.3, -0.25) is 0 Å². The van der Waals surface area contributed by atoms with Gasteiger partial charge in [-0.25, -0.2) is 15.0 Å². The van der Waals surface area contributed by atoms with E-state index in [4.69, 9.17) is 8.83 Å². The topological polar surface area (TPSA) is 65.0 Å². The van der Waals surface area contributed by atoms with Crippen molar-refractivity contribution in [2.45, 2.75) is 0 Å². The van der Waals surface area contributed by atoms with E-state index in [0.29, 0.717) is 23.2 Å². The molecule has 0 aliphatic rings. The van der Waals surface area contributed by atoms with Gasteiger partial charge in [0.05, 0.1) is 0 Å². The van der Waals surface area contributed by atoms with Crippen molar-refractivity contribution in [2.24, 2.45) is 0 Å². The van der Waals surface area contributed by atoms with E-state index in [0.717, 1.165) is 22.5 Å². The highest BCUT2D eigenvalue weighted by atomic mass is 16.3. The van der Waals surface area contributed by atoms with Gasteiger partial charge in [-0.05, 0) is 12.1 Å². The van der Waals surface area contributed by atoms with E-state index in [1.165, 1.54) is 0 Å². The lowest BCUT2D eigenvalue weighted by Gasteiger charge is -1.98. The van der Waals surface area contributed by atoms with Gasteiger partial charge < -0.3 is 8.83 Å². The predicted octanol–water partition coefficient (Wildman–Crippen LogP) is 5.73. The number of nitrogens with zero attached hydrogens (tertiary/aromatic N) is 3. The highest BCUT2D eigenvalue weighted by molar-refractivity contribution is 5.64. The Kier molecular flexibility index (Phi) is 4.03. The largest absolute Gasteiger partial charge is 0.443 e. The molecular weight excluding hydrogens is 350 g/mol. The van der Waals surface area contributed by atoms with E-state index in [1.807, 2.05) is 78.9 Å². The van der Waals surface area contributed by atoms with Crippen LogP contribution in [0.5, 0.6) is 0 Å². The highest BCUT2D eigenvalue weighted by Crippen LogP contribution is 2.27. The van der Waals surface area contributed by atoms with Gasteiger partial charge in [0, 0.05) is 11.1 Å². The van der Waals surface area contributed by atoms with Crippen molar-refractivity contribution in [2.75, 3.05) is 0 Å². The summed E-state index contributed by atoms with van der Waals surface area (Å²) in [6.45, 7) is 0. The third-order valence-corrected chi connectivity index (χ3v) is 4.33. The number of hydrogen-bond acceptors (Lipinski definition) is 5. The van der Waals surface area contributed by atoms with Gasteiger partial charge in [-0.15, -0.1) is 0 Å². The van der Waals surface area contributed by atoms with Crippen molar-refractivity contribution >= 4 is 0 Å². The Hall–Kier alpha value is -3.99. The van der Waals surface area contributed by atoms with Crippen molar-refractivity contribution in [1.29, 1.82) is 0 Å². The Morgan fingerprint density at radius 3 is 1.36 bits per heavy atom. The van der Waals surface area contributed by atoms with Crippen molar-refractivity contribution in [3.05, 3.63) is 91.4 Å². The van der Waals surface area contributed by atoms with E-state index < -0.39 is 0 Å². The Bertz CT molecular complexity index is 1120. The monoisotopic (exact) mass is 365 g/mol. The fourth-order valence-corrected chi connectivity index (χ4v) is 2.94. The van der Waals surface area contributed by atoms with E-state index in [9.17, 15) is 0 Å². The average Bonchev–Trinajstić information content (AvgIpc) is 3.46. The Labute approximate surface area is 161 Å². The van der Waals surface area contributed by atoms with Gasteiger partial charge in [0.15, 0.2) is 0 Å². The van der Waals surface area contributed by atoms with Crippen LogP contribution in [0.25, 0.3) is 45.7 Å². The maximum atomic E-state index is 5.65. The summed E-state index contributed by atoms with van der Waals surface area (Å²) in [7, 11) is 0. The van der Waals surface area contributed by atoms with Crippen LogP contribution in [-0.4, -0.2) is 15.0 Å². The van der Waals surface area contributed by atoms with Crippen molar-refractivity contribution in [3.8, 4) is 45.7 Å². The van der Waals surface area contributed by atoms with Crippen LogP contribution in [0, 0.1) is 0 Å². The molecule has 0 atom stereocenters. The lowest BCUT2D eigenvalue weighted by molar-refractivity contribution is 0.568. The van der Waals surface area contributed by atoms with Crippen LogP contribution >= 0.6 is 0 Å². The maximum absolute atomic E-state index is 5.65. The van der Waals surface area contributed by atoms with Gasteiger partial charge >= 0.3 is 0 Å². The molecule has 0 unspecified atom stereocenters. The molecule has 0 saturated carbocycles. The average molecular weight is 365 g/mol. The molecule has 5 aromatic rings. The quantitative estimate of drug-likeness (QED) is 0.407. The smallest absolute Gasteiger partial charge is 0.245 e. The zero-order chi connectivity index (χ0) is 18.8.